The van der Waals surface area contributed by atoms with E-state index in [4.69, 9.17) is 0 Å². The summed E-state index contributed by atoms with van der Waals surface area (Å²) in [5.41, 5.74) is 1.10. The van der Waals surface area contributed by atoms with Gasteiger partial charge < -0.3 is 9.88 Å². The predicted octanol–water partition coefficient (Wildman–Crippen LogP) is 0.892. The summed E-state index contributed by atoms with van der Waals surface area (Å²) < 4.78 is 1.40. The summed E-state index contributed by atoms with van der Waals surface area (Å²) in [5, 5.41) is 3.13. The summed E-state index contributed by atoms with van der Waals surface area (Å²) in [6.45, 7) is 1.42. The highest BCUT2D eigenvalue weighted by atomic mass is 16.1. The zero-order chi connectivity index (χ0) is 11.7. The first-order valence-electron chi connectivity index (χ1n) is 4.81. The summed E-state index contributed by atoms with van der Waals surface area (Å²) in [7, 11) is 1.64. The molecule has 0 aliphatic rings. The number of carbonyl (C=O) groups excluding carboxylic acids is 1. The number of nitrogens with one attached hydrogen (secondary N) is 1. The second-order valence-electron chi connectivity index (χ2n) is 3.57. The number of aromatic nitrogens is 2. The number of aryl methyl sites for hydroxylation is 1. The Hall–Kier alpha value is -2.17. The van der Waals surface area contributed by atoms with Crippen molar-refractivity contribution >= 4 is 22.5 Å². The van der Waals surface area contributed by atoms with Crippen molar-refractivity contribution in [3.8, 4) is 0 Å². The predicted molar refractivity (Wildman–Crippen MR) is 61.3 cm³/mol. The molecule has 0 atom stereocenters. The number of hydrogen-bond donors (Lipinski definition) is 1. The van der Waals surface area contributed by atoms with E-state index in [1.54, 1.807) is 25.2 Å². The SMILES string of the molecule is CC(=O)Nc1ccc2ncn(C)c(=O)c2c1. The number of anilines is 1. The molecule has 0 aliphatic heterocycles. The van der Waals surface area contributed by atoms with Crippen molar-refractivity contribution in [3.63, 3.8) is 0 Å². The Balaban J connectivity index is 2.64. The van der Waals surface area contributed by atoms with Gasteiger partial charge in [0.15, 0.2) is 0 Å². The van der Waals surface area contributed by atoms with Crippen LogP contribution in [0, 0.1) is 0 Å². The highest BCUT2D eigenvalue weighted by Crippen LogP contribution is 2.13. The number of amides is 1. The molecule has 0 fully saturated rings. The van der Waals surface area contributed by atoms with Crippen LogP contribution in [0.25, 0.3) is 10.9 Å². The van der Waals surface area contributed by atoms with Gasteiger partial charge in [0.1, 0.15) is 0 Å². The summed E-state index contributed by atoms with van der Waals surface area (Å²) >= 11 is 0. The molecule has 0 saturated carbocycles. The normalized spacial score (nSPS) is 10.4. The van der Waals surface area contributed by atoms with Gasteiger partial charge in [-0.2, -0.15) is 0 Å². The lowest BCUT2D eigenvalue weighted by Crippen LogP contribution is -2.17. The Morgan fingerprint density at radius 1 is 1.44 bits per heavy atom. The fourth-order valence-electron chi connectivity index (χ4n) is 1.49. The molecular weight excluding hydrogens is 206 g/mol. The monoisotopic (exact) mass is 217 g/mol. The second-order valence-corrected chi connectivity index (χ2v) is 3.57. The van der Waals surface area contributed by atoms with E-state index in [9.17, 15) is 9.59 Å². The van der Waals surface area contributed by atoms with Gasteiger partial charge in [-0.25, -0.2) is 4.98 Å². The first-order valence-corrected chi connectivity index (χ1v) is 4.81. The fourth-order valence-corrected chi connectivity index (χ4v) is 1.49. The van der Waals surface area contributed by atoms with Crippen LogP contribution >= 0.6 is 0 Å². The van der Waals surface area contributed by atoms with Gasteiger partial charge in [0.05, 0.1) is 17.2 Å². The zero-order valence-electron chi connectivity index (χ0n) is 9.02. The zero-order valence-corrected chi connectivity index (χ0v) is 9.02. The first kappa shape index (κ1) is 10.4. The minimum absolute atomic E-state index is 0.128. The van der Waals surface area contributed by atoms with Crippen LogP contribution in [0.15, 0.2) is 29.3 Å². The Morgan fingerprint density at radius 3 is 2.88 bits per heavy atom. The number of nitrogens with zero attached hydrogens (tertiary/aromatic N) is 2. The second kappa shape index (κ2) is 3.77. The maximum Gasteiger partial charge on any atom is 0.260 e. The number of rotatable bonds is 1. The molecule has 5 heteroatoms. The lowest BCUT2D eigenvalue weighted by atomic mass is 10.2. The van der Waals surface area contributed by atoms with Crippen molar-refractivity contribution < 1.29 is 4.79 Å². The number of carbonyl (C=O) groups is 1. The van der Waals surface area contributed by atoms with Crippen molar-refractivity contribution in [2.24, 2.45) is 7.05 Å². The van der Waals surface area contributed by atoms with Crippen LogP contribution in [0.1, 0.15) is 6.92 Å². The number of benzene rings is 1. The van der Waals surface area contributed by atoms with E-state index in [2.05, 4.69) is 10.3 Å². The maximum atomic E-state index is 11.8. The third-order valence-electron chi connectivity index (χ3n) is 2.24. The van der Waals surface area contributed by atoms with E-state index >= 15 is 0 Å². The van der Waals surface area contributed by atoms with Crippen molar-refractivity contribution in [3.05, 3.63) is 34.9 Å². The van der Waals surface area contributed by atoms with Crippen LogP contribution < -0.4 is 10.9 Å². The molecule has 1 aromatic carbocycles. The van der Waals surface area contributed by atoms with Gasteiger partial charge in [-0.1, -0.05) is 0 Å². The molecule has 2 rings (SSSR count). The van der Waals surface area contributed by atoms with Crippen LogP contribution in [-0.4, -0.2) is 15.5 Å². The fraction of sp³-hybridized carbons (Fsp3) is 0.182. The van der Waals surface area contributed by atoms with E-state index in [-0.39, 0.29) is 11.5 Å². The van der Waals surface area contributed by atoms with Gasteiger partial charge in [-0.05, 0) is 18.2 Å². The Labute approximate surface area is 91.7 Å². The quantitative estimate of drug-likeness (QED) is 0.771. The van der Waals surface area contributed by atoms with E-state index in [0.29, 0.717) is 16.6 Å². The molecule has 1 amide bonds. The van der Waals surface area contributed by atoms with Crippen LogP contribution in [0.3, 0.4) is 0 Å². The van der Waals surface area contributed by atoms with Crippen LogP contribution in [0.5, 0.6) is 0 Å². The Bertz CT molecular complexity index is 616. The molecule has 1 N–H and O–H groups in total. The molecule has 16 heavy (non-hydrogen) atoms. The lowest BCUT2D eigenvalue weighted by Gasteiger charge is -2.04. The third kappa shape index (κ3) is 1.79. The molecule has 0 unspecified atom stereocenters. The van der Waals surface area contributed by atoms with Crippen LogP contribution in [-0.2, 0) is 11.8 Å². The summed E-state index contributed by atoms with van der Waals surface area (Å²) in [5.74, 6) is -0.167. The summed E-state index contributed by atoms with van der Waals surface area (Å²) in [4.78, 5) is 26.8. The van der Waals surface area contributed by atoms with E-state index in [0.717, 1.165) is 0 Å². The Morgan fingerprint density at radius 2 is 2.19 bits per heavy atom. The minimum Gasteiger partial charge on any atom is -0.326 e. The highest BCUT2D eigenvalue weighted by molar-refractivity contribution is 5.91. The van der Waals surface area contributed by atoms with Crippen molar-refractivity contribution in [1.29, 1.82) is 0 Å². The molecule has 2 aromatic rings. The number of hydrogen-bond acceptors (Lipinski definition) is 3. The maximum absolute atomic E-state index is 11.8. The molecule has 1 aromatic heterocycles. The third-order valence-corrected chi connectivity index (χ3v) is 2.24. The van der Waals surface area contributed by atoms with Crippen molar-refractivity contribution in [1.82, 2.24) is 9.55 Å². The smallest absolute Gasteiger partial charge is 0.260 e. The van der Waals surface area contributed by atoms with Gasteiger partial charge in [0.2, 0.25) is 5.91 Å². The molecule has 0 bridgehead atoms. The standard InChI is InChI=1S/C11H11N3O2/c1-7(15)13-8-3-4-10-9(5-8)11(16)14(2)6-12-10/h3-6H,1-2H3,(H,13,15). The Kier molecular flexibility index (Phi) is 2.44. The summed E-state index contributed by atoms with van der Waals surface area (Å²) in [6.07, 6.45) is 1.47. The lowest BCUT2D eigenvalue weighted by molar-refractivity contribution is -0.114. The van der Waals surface area contributed by atoms with Gasteiger partial charge in [-0.15, -0.1) is 0 Å². The highest BCUT2D eigenvalue weighted by Gasteiger charge is 2.03. The average Bonchev–Trinajstić information content (AvgIpc) is 2.23. The van der Waals surface area contributed by atoms with E-state index in [1.807, 2.05) is 0 Å². The van der Waals surface area contributed by atoms with Crippen LogP contribution in [0.2, 0.25) is 0 Å². The molecule has 0 radical (unpaired) electrons. The van der Waals surface area contributed by atoms with Gasteiger partial charge in [0.25, 0.3) is 5.56 Å². The van der Waals surface area contributed by atoms with Crippen molar-refractivity contribution in [2.45, 2.75) is 6.92 Å². The number of fused-ring (bicyclic) bond motifs is 1. The van der Waals surface area contributed by atoms with Crippen LogP contribution in [0.4, 0.5) is 5.69 Å². The average molecular weight is 217 g/mol. The van der Waals surface area contributed by atoms with Crippen molar-refractivity contribution in [2.75, 3.05) is 5.32 Å². The topological polar surface area (TPSA) is 64.0 Å². The molecule has 0 spiro atoms. The van der Waals surface area contributed by atoms with E-state index < -0.39 is 0 Å². The molecule has 1 heterocycles. The molecule has 5 nitrogen and oxygen atoms in total. The molecule has 82 valence electrons. The van der Waals surface area contributed by atoms with E-state index in [1.165, 1.54) is 17.8 Å². The summed E-state index contributed by atoms with van der Waals surface area (Å²) in [6, 6.07) is 5.06. The van der Waals surface area contributed by atoms with Gasteiger partial charge >= 0.3 is 0 Å². The largest absolute Gasteiger partial charge is 0.326 e. The molecular formula is C11H11N3O2. The molecule has 0 saturated heterocycles. The molecule has 0 aliphatic carbocycles. The minimum atomic E-state index is -0.167. The van der Waals surface area contributed by atoms with Gasteiger partial charge in [0, 0.05) is 19.7 Å². The first-order chi connectivity index (χ1) is 7.58. The van der Waals surface area contributed by atoms with Gasteiger partial charge in [-0.3, -0.25) is 9.59 Å².